The Morgan fingerprint density at radius 2 is 2.04 bits per heavy atom. The van der Waals surface area contributed by atoms with Crippen LogP contribution in [0.1, 0.15) is 54.4 Å². The zero-order valence-corrected chi connectivity index (χ0v) is 13.9. The minimum Gasteiger partial charge on any atom is -0.349 e. The van der Waals surface area contributed by atoms with Gasteiger partial charge in [-0.1, -0.05) is 50.3 Å². The minimum absolute atomic E-state index is 0.0500. The van der Waals surface area contributed by atoms with Crippen molar-refractivity contribution in [3.05, 3.63) is 48.0 Å². The van der Waals surface area contributed by atoms with Crippen LogP contribution in [-0.4, -0.2) is 26.7 Å². The van der Waals surface area contributed by atoms with Crippen LogP contribution < -0.4 is 5.32 Å². The zero-order valence-electron chi connectivity index (χ0n) is 13.9. The van der Waals surface area contributed by atoms with E-state index in [1.807, 2.05) is 24.3 Å². The number of amides is 1. The topological polar surface area (TPSA) is 59.8 Å². The molecular weight excluding hydrogens is 300 g/mol. The number of carbonyl (C=O) groups excluding carboxylic acids is 1. The number of rotatable bonds is 5. The summed E-state index contributed by atoms with van der Waals surface area (Å²) < 4.78 is 1.74. The lowest BCUT2D eigenvalue weighted by Gasteiger charge is -2.21. The molecule has 1 aromatic heterocycles. The smallest absolute Gasteiger partial charge is 0.251 e. The second kappa shape index (κ2) is 6.75. The van der Waals surface area contributed by atoms with Gasteiger partial charge in [-0.15, -0.1) is 0 Å². The molecular formula is C19H24N4O. The van der Waals surface area contributed by atoms with Crippen molar-refractivity contribution in [2.45, 2.75) is 51.1 Å². The fourth-order valence-electron chi connectivity index (χ4n) is 4.08. The predicted molar refractivity (Wildman–Crippen MR) is 91.5 cm³/mol. The first kappa shape index (κ1) is 15.4. The molecule has 1 aromatic carbocycles. The molecule has 5 nitrogen and oxygen atoms in total. The molecule has 126 valence electrons. The SMILES string of the molecule is O=C(N[C@H]1C[C@H]1C1CCCCC1)c1ccccc1Cn1cncn1. The second-order valence-corrected chi connectivity index (χ2v) is 7.13. The van der Waals surface area contributed by atoms with Crippen molar-refractivity contribution in [3.8, 4) is 0 Å². The molecule has 2 saturated carbocycles. The lowest BCUT2D eigenvalue weighted by molar-refractivity contribution is 0.0945. The highest BCUT2D eigenvalue weighted by atomic mass is 16.1. The lowest BCUT2D eigenvalue weighted by atomic mass is 9.85. The quantitative estimate of drug-likeness (QED) is 0.919. The maximum atomic E-state index is 12.7. The molecule has 0 radical (unpaired) electrons. The van der Waals surface area contributed by atoms with Crippen LogP contribution in [0.2, 0.25) is 0 Å². The number of aromatic nitrogens is 3. The van der Waals surface area contributed by atoms with Crippen LogP contribution in [0.4, 0.5) is 0 Å². The molecule has 2 fully saturated rings. The lowest BCUT2D eigenvalue weighted by Crippen LogP contribution is -2.29. The van der Waals surface area contributed by atoms with E-state index in [2.05, 4.69) is 15.4 Å². The highest BCUT2D eigenvalue weighted by molar-refractivity contribution is 5.96. The summed E-state index contributed by atoms with van der Waals surface area (Å²) in [5, 5.41) is 7.39. The summed E-state index contributed by atoms with van der Waals surface area (Å²) in [5.74, 6) is 1.58. The number of hydrogen-bond donors (Lipinski definition) is 1. The Hall–Kier alpha value is -2.17. The molecule has 0 unspecified atom stereocenters. The Kier molecular flexibility index (Phi) is 4.32. The Morgan fingerprint density at radius 3 is 2.83 bits per heavy atom. The van der Waals surface area contributed by atoms with Crippen molar-refractivity contribution in [1.82, 2.24) is 20.1 Å². The molecule has 2 atom stereocenters. The first-order chi connectivity index (χ1) is 11.8. The van der Waals surface area contributed by atoms with E-state index in [9.17, 15) is 4.79 Å². The van der Waals surface area contributed by atoms with E-state index in [1.54, 1.807) is 11.0 Å². The highest BCUT2D eigenvalue weighted by Gasteiger charge is 2.43. The molecule has 0 aliphatic heterocycles. The van der Waals surface area contributed by atoms with Gasteiger partial charge in [0.25, 0.3) is 5.91 Å². The van der Waals surface area contributed by atoms with Gasteiger partial charge in [0.2, 0.25) is 0 Å². The van der Waals surface area contributed by atoms with Crippen LogP contribution in [0.5, 0.6) is 0 Å². The van der Waals surface area contributed by atoms with E-state index < -0.39 is 0 Å². The van der Waals surface area contributed by atoms with Crippen molar-refractivity contribution >= 4 is 5.91 Å². The van der Waals surface area contributed by atoms with Crippen molar-refractivity contribution in [3.63, 3.8) is 0 Å². The molecule has 4 rings (SSSR count). The Morgan fingerprint density at radius 1 is 1.21 bits per heavy atom. The molecule has 1 N–H and O–H groups in total. The van der Waals surface area contributed by atoms with E-state index >= 15 is 0 Å². The van der Waals surface area contributed by atoms with Gasteiger partial charge in [0.05, 0.1) is 6.54 Å². The van der Waals surface area contributed by atoms with Gasteiger partial charge >= 0.3 is 0 Å². The molecule has 24 heavy (non-hydrogen) atoms. The van der Waals surface area contributed by atoms with E-state index in [0.29, 0.717) is 18.5 Å². The summed E-state index contributed by atoms with van der Waals surface area (Å²) in [7, 11) is 0. The number of carbonyl (C=O) groups is 1. The van der Waals surface area contributed by atoms with Crippen LogP contribution in [0.25, 0.3) is 0 Å². The van der Waals surface area contributed by atoms with E-state index in [0.717, 1.165) is 23.5 Å². The molecule has 5 heteroatoms. The van der Waals surface area contributed by atoms with E-state index in [-0.39, 0.29) is 5.91 Å². The standard InChI is InChI=1S/C19H24N4O/c24-19(22-18-10-17(18)14-6-2-1-3-7-14)16-9-5-4-8-15(16)11-23-13-20-12-21-23/h4-5,8-9,12-14,17-18H,1-3,6-7,10-11H2,(H,22,24)/t17-,18-/m0/s1. The monoisotopic (exact) mass is 324 g/mol. The third-order valence-electron chi connectivity index (χ3n) is 5.47. The Bertz CT molecular complexity index is 691. The van der Waals surface area contributed by atoms with Gasteiger partial charge in [-0.3, -0.25) is 4.79 Å². The van der Waals surface area contributed by atoms with E-state index in [4.69, 9.17) is 0 Å². The van der Waals surface area contributed by atoms with E-state index in [1.165, 1.54) is 38.4 Å². The first-order valence-corrected chi connectivity index (χ1v) is 9.02. The molecule has 0 spiro atoms. The van der Waals surface area contributed by atoms with Gasteiger partial charge in [0.15, 0.2) is 0 Å². The summed E-state index contributed by atoms with van der Waals surface area (Å²) in [6.07, 6.45) is 11.2. The predicted octanol–water partition coefficient (Wildman–Crippen LogP) is 3.03. The average molecular weight is 324 g/mol. The average Bonchev–Trinajstić information content (AvgIpc) is 3.19. The maximum Gasteiger partial charge on any atom is 0.251 e. The van der Waals surface area contributed by atoms with Crippen LogP contribution in [-0.2, 0) is 6.54 Å². The van der Waals surface area contributed by atoms with Gasteiger partial charge < -0.3 is 5.32 Å². The van der Waals surface area contributed by atoms with Crippen molar-refractivity contribution < 1.29 is 4.79 Å². The van der Waals surface area contributed by atoms with Crippen molar-refractivity contribution in [1.29, 1.82) is 0 Å². The normalized spacial score (nSPS) is 23.8. The van der Waals surface area contributed by atoms with Gasteiger partial charge in [0.1, 0.15) is 12.7 Å². The minimum atomic E-state index is 0.0500. The fourth-order valence-corrected chi connectivity index (χ4v) is 4.08. The summed E-state index contributed by atoms with van der Waals surface area (Å²) >= 11 is 0. The number of hydrogen-bond acceptors (Lipinski definition) is 3. The summed E-state index contributed by atoms with van der Waals surface area (Å²) in [5.41, 5.74) is 1.73. The van der Waals surface area contributed by atoms with Crippen molar-refractivity contribution in [2.75, 3.05) is 0 Å². The Labute approximate surface area is 142 Å². The van der Waals surface area contributed by atoms with Crippen LogP contribution in [0, 0.1) is 11.8 Å². The van der Waals surface area contributed by atoms with Crippen LogP contribution in [0.3, 0.4) is 0 Å². The first-order valence-electron chi connectivity index (χ1n) is 9.02. The third kappa shape index (κ3) is 3.35. The summed E-state index contributed by atoms with van der Waals surface area (Å²) in [6.45, 7) is 0.570. The van der Waals surface area contributed by atoms with Crippen LogP contribution in [0.15, 0.2) is 36.9 Å². The highest BCUT2D eigenvalue weighted by Crippen LogP contribution is 2.44. The van der Waals surface area contributed by atoms with Gasteiger partial charge in [-0.05, 0) is 29.9 Å². The number of nitrogens with zero attached hydrogens (tertiary/aromatic N) is 3. The number of benzene rings is 1. The van der Waals surface area contributed by atoms with Gasteiger partial charge in [-0.25, -0.2) is 9.67 Å². The number of nitrogens with one attached hydrogen (secondary N) is 1. The summed E-state index contributed by atoms with van der Waals surface area (Å²) in [4.78, 5) is 16.7. The fraction of sp³-hybridized carbons (Fsp3) is 0.526. The van der Waals surface area contributed by atoms with Gasteiger partial charge in [-0.2, -0.15) is 5.10 Å². The molecule has 1 heterocycles. The zero-order chi connectivity index (χ0) is 16.4. The molecule has 1 amide bonds. The maximum absolute atomic E-state index is 12.7. The molecule has 2 aromatic rings. The molecule has 0 bridgehead atoms. The van der Waals surface area contributed by atoms with Crippen molar-refractivity contribution in [2.24, 2.45) is 11.8 Å². The molecule has 0 saturated heterocycles. The second-order valence-electron chi connectivity index (χ2n) is 7.13. The Balaban J connectivity index is 1.40. The van der Waals surface area contributed by atoms with Gasteiger partial charge in [0, 0.05) is 11.6 Å². The van der Waals surface area contributed by atoms with Crippen LogP contribution >= 0.6 is 0 Å². The third-order valence-corrected chi connectivity index (χ3v) is 5.47. The largest absolute Gasteiger partial charge is 0.349 e. The molecule has 2 aliphatic rings. The molecule has 2 aliphatic carbocycles. The summed E-state index contributed by atoms with van der Waals surface area (Å²) in [6, 6.07) is 8.15.